The van der Waals surface area contributed by atoms with Crippen LogP contribution < -0.4 is 0 Å². The van der Waals surface area contributed by atoms with Gasteiger partial charge in [0.25, 0.3) is 0 Å². The third kappa shape index (κ3) is 6.08. The van der Waals surface area contributed by atoms with E-state index >= 15 is 0 Å². The van der Waals surface area contributed by atoms with Crippen LogP contribution in [0.4, 0.5) is 4.79 Å². The van der Waals surface area contributed by atoms with Crippen molar-refractivity contribution >= 4 is 6.09 Å². The Balaban J connectivity index is 1.72. The first kappa shape index (κ1) is 23.3. The van der Waals surface area contributed by atoms with Crippen LogP contribution in [0.15, 0.2) is 72.9 Å². The molecule has 168 valence electrons. The third-order valence-corrected chi connectivity index (χ3v) is 5.89. The fourth-order valence-corrected chi connectivity index (χ4v) is 4.02. The van der Waals surface area contributed by atoms with Crippen LogP contribution >= 0.6 is 0 Å². The summed E-state index contributed by atoms with van der Waals surface area (Å²) in [6.45, 7) is 2.43. The standard InChI is InChI=1S/C26H30N2O4/c1-19(20-9-11-23(12-10-20)24-13-15-27-25(30)18-24)28(26(31)32)16-14-22(8-5-17-29)21-6-3-2-4-7-21/h2-4,6-7,9-13,15,18-19,22,29H,5,8,14,16-17H2,1H3,(H,27,30)(H,31,32)/t19-,22-/m0/s1. The van der Waals surface area contributed by atoms with Gasteiger partial charge in [-0.05, 0) is 60.4 Å². The molecule has 0 spiro atoms. The average molecular weight is 435 g/mol. The third-order valence-electron chi connectivity index (χ3n) is 5.89. The number of aliphatic hydroxyl groups is 1. The van der Waals surface area contributed by atoms with Gasteiger partial charge in [0.2, 0.25) is 5.88 Å². The van der Waals surface area contributed by atoms with Crippen LogP contribution in [0.2, 0.25) is 0 Å². The molecule has 0 radical (unpaired) electrons. The number of rotatable bonds is 10. The largest absolute Gasteiger partial charge is 0.493 e. The summed E-state index contributed by atoms with van der Waals surface area (Å²) < 4.78 is 0. The molecule has 3 N–H and O–H groups in total. The predicted octanol–water partition coefficient (Wildman–Crippen LogP) is 5.44. The van der Waals surface area contributed by atoms with Crippen LogP contribution in [0.1, 0.15) is 49.3 Å². The van der Waals surface area contributed by atoms with Crippen LogP contribution in [0.25, 0.3) is 11.1 Å². The van der Waals surface area contributed by atoms with Crippen LogP contribution in [0.5, 0.6) is 5.88 Å². The van der Waals surface area contributed by atoms with E-state index in [0.717, 1.165) is 23.1 Å². The highest BCUT2D eigenvalue weighted by Gasteiger charge is 2.23. The summed E-state index contributed by atoms with van der Waals surface area (Å²) >= 11 is 0. The molecule has 2 aromatic carbocycles. The van der Waals surface area contributed by atoms with Crippen LogP contribution in [0.3, 0.4) is 0 Å². The van der Waals surface area contributed by atoms with Gasteiger partial charge in [0.1, 0.15) is 0 Å². The second-order valence-electron chi connectivity index (χ2n) is 7.94. The molecule has 0 fully saturated rings. The lowest BCUT2D eigenvalue weighted by atomic mass is 9.91. The van der Waals surface area contributed by atoms with E-state index in [4.69, 9.17) is 0 Å². The SMILES string of the molecule is C[C@@H](c1ccc(-c2ccnc(O)c2)cc1)N(CC[C@H](CCCO)c1ccccc1)C(=O)O. The van der Waals surface area contributed by atoms with Crippen molar-refractivity contribution in [1.82, 2.24) is 9.88 Å². The fraction of sp³-hybridized carbons (Fsp3) is 0.308. The fourth-order valence-electron chi connectivity index (χ4n) is 4.02. The molecule has 0 saturated heterocycles. The van der Waals surface area contributed by atoms with Gasteiger partial charge in [-0.2, -0.15) is 0 Å². The highest BCUT2D eigenvalue weighted by Crippen LogP contribution is 2.29. The van der Waals surface area contributed by atoms with E-state index in [-0.39, 0.29) is 24.4 Å². The highest BCUT2D eigenvalue weighted by atomic mass is 16.4. The predicted molar refractivity (Wildman–Crippen MR) is 125 cm³/mol. The minimum atomic E-state index is -0.949. The zero-order valence-electron chi connectivity index (χ0n) is 18.3. The molecule has 3 aromatic rings. The van der Waals surface area contributed by atoms with Gasteiger partial charge >= 0.3 is 6.09 Å². The van der Waals surface area contributed by atoms with Crippen molar-refractivity contribution in [3.63, 3.8) is 0 Å². The van der Waals surface area contributed by atoms with E-state index in [2.05, 4.69) is 17.1 Å². The van der Waals surface area contributed by atoms with Crippen molar-refractivity contribution < 1.29 is 20.1 Å². The molecule has 0 aliphatic rings. The van der Waals surface area contributed by atoms with Crippen LogP contribution in [-0.4, -0.2) is 44.4 Å². The van der Waals surface area contributed by atoms with E-state index in [1.165, 1.54) is 10.5 Å². The molecule has 0 bridgehead atoms. The second kappa shape index (κ2) is 11.3. The summed E-state index contributed by atoms with van der Waals surface area (Å²) in [6, 6.07) is 20.9. The number of carboxylic acid groups (broad SMARTS) is 1. The van der Waals surface area contributed by atoms with Crippen molar-refractivity contribution in [3.8, 4) is 17.0 Å². The molecular weight excluding hydrogens is 404 g/mol. The van der Waals surface area contributed by atoms with E-state index < -0.39 is 6.09 Å². The summed E-state index contributed by atoms with van der Waals surface area (Å²) in [5.41, 5.74) is 3.85. The number of hydrogen-bond donors (Lipinski definition) is 3. The maximum absolute atomic E-state index is 12.1. The van der Waals surface area contributed by atoms with E-state index in [9.17, 15) is 20.1 Å². The lowest BCUT2D eigenvalue weighted by molar-refractivity contribution is 0.125. The normalized spacial score (nSPS) is 12.8. The van der Waals surface area contributed by atoms with Gasteiger partial charge in [0, 0.05) is 25.4 Å². The van der Waals surface area contributed by atoms with Crippen molar-refractivity contribution in [2.24, 2.45) is 0 Å². The molecule has 0 aliphatic carbocycles. The minimum absolute atomic E-state index is 0.0360. The summed E-state index contributed by atoms with van der Waals surface area (Å²) in [5.74, 6) is 0.158. The second-order valence-corrected chi connectivity index (χ2v) is 7.94. The Morgan fingerprint density at radius 1 is 0.969 bits per heavy atom. The van der Waals surface area contributed by atoms with E-state index in [0.29, 0.717) is 19.4 Å². The van der Waals surface area contributed by atoms with Crippen molar-refractivity contribution in [2.75, 3.05) is 13.2 Å². The molecule has 1 aromatic heterocycles. The van der Waals surface area contributed by atoms with Crippen molar-refractivity contribution in [1.29, 1.82) is 0 Å². The van der Waals surface area contributed by atoms with Gasteiger partial charge in [-0.25, -0.2) is 9.78 Å². The quantitative estimate of drug-likeness (QED) is 0.395. The van der Waals surface area contributed by atoms with Gasteiger partial charge in [-0.15, -0.1) is 0 Å². The van der Waals surface area contributed by atoms with Crippen molar-refractivity contribution in [3.05, 3.63) is 84.1 Å². The molecule has 2 atom stereocenters. The molecule has 0 unspecified atom stereocenters. The smallest absolute Gasteiger partial charge is 0.407 e. The number of aromatic nitrogens is 1. The molecule has 6 heteroatoms. The van der Waals surface area contributed by atoms with Gasteiger partial charge in [0.15, 0.2) is 0 Å². The van der Waals surface area contributed by atoms with Crippen LogP contribution in [0, 0.1) is 0 Å². The van der Waals surface area contributed by atoms with Gasteiger partial charge < -0.3 is 20.2 Å². The molecule has 0 saturated carbocycles. The monoisotopic (exact) mass is 434 g/mol. The zero-order valence-corrected chi connectivity index (χ0v) is 18.3. The maximum atomic E-state index is 12.1. The first-order valence-electron chi connectivity index (χ1n) is 10.9. The summed E-state index contributed by atoms with van der Waals surface area (Å²) in [7, 11) is 0. The Hall–Kier alpha value is -3.38. The number of benzene rings is 2. The number of hydrogen-bond acceptors (Lipinski definition) is 4. The lowest BCUT2D eigenvalue weighted by Crippen LogP contribution is -2.34. The van der Waals surface area contributed by atoms with Gasteiger partial charge in [-0.1, -0.05) is 54.6 Å². The Labute approximate surface area is 188 Å². The zero-order chi connectivity index (χ0) is 22.9. The molecule has 32 heavy (non-hydrogen) atoms. The van der Waals surface area contributed by atoms with Gasteiger partial charge in [0.05, 0.1) is 6.04 Å². The molecule has 1 amide bonds. The number of aliphatic hydroxyl groups excluding tert-OH is 1. The number of pyridine rings is 1. The summed E-state index contributed by atoms with van der Waals surface area (Å²) in [5, 5.41) is 28.7. The molecule has 1 heterocycles. The summed E-state index contributed by atoms with van der Waals surface area (Å²) in [6.07, 6.45) is 2.79. The Morgan fingerprint density at radius 3 is 2.31 bits per heavy atom. The van der Waals surface area contributed by atoms with E-state index in [1.54, 1.807) is 12.3 Å². The highest BCUT2D eigenvalue weighted by molar-refractivity contribution is 5.67. The van der Waals surface area contributed by atoms with Gasteiger partial charge in [-0.3, -0.25) is 0 Å². The first-order valence-corrected chi connectivity index (χ1v) is 10.9. The number of aromatic hydroxyl groups is 1. The minimum Gasteiger partial charge on any atom is -0.493 e. The molecular formula is C26H30N2O4. The number of nitrogens with zero attached hydrogens (tertiary/aromatic N) is 2. The van der Waals surface area contributed by atoms with E-state index in [1.807, 2.05) is 55.5 Å². The maximum Gasteiger partial charge on any atom is 0.407 e. The molecule has 3 rings (SSSR count). The topological polar surface area (TPSA) is 93.9 Å². The number of carbonyl (C=O) groups is 1. The molecule has 6 nitrogen and oxygen atoms in total. The first-order chi connectivity index (χ1) is 15.5. The Kier molecular flexibility index (Phi) is 8.22. The lowest BCUT2D eigenvalue weighted by Gasteiger charge is -2.29. The average Bonchev–Trinajstić information content (AvgIpc) is 2.81. The van der Waals surface area contributed by atoms with Crippen LogP contribution in [-0.2, 0) is 0 Å². The number of amides is 1. The Morgan fingerprint density at radius 2 is 1.69 bits per heavy atom. The Bertz CT molecular complexity index is 992. The summed E-state index contributed by atoms with van der Waals surface area (Å²) in [4.78, 5) is 17.3. The molecule has 0 aliphatic heterocycles. The van der Waals surface area contributed by atoms with Crippen molar-refractivity contribution in [2.45, 2.75) is 38.1 Å².